The van der Waals surface area contributed by atoms with Crippen LogP contribution in [0.15, 0.2) is 17.5 Å². The van der Waals surface area contributed by atoms with Gasteiger partial charge in [0.25, 0.3) is 0 Å². The van der Waals surface area contributed by atoms with Crippen LogP contribution < -0.4 is 0 Å². The van der Waals surface area contributed by atoms with Crippen LogP contribution in [-0.2, 0) is 11.3 Å². The van der Waals surface area contributed by atoms with Crippen molar-refractivity contribution in [1.29, 1.82) is 0 Å². The smallest absolute Gasteiger partial charge is 0.0596 e. The lowest BCUT2D eigenvalue weighted by atomic mass is 10.3. The standard InChI is InChI=1S/C15H26N2OS/c1-14(2)18-11-10-16-6-4-7-17(9-8-16)13-15-5-3-12-19-15/h3,5,12,14H,4,6-11,13H2,1-2H3. The zero-order chi connectivity index (χ0) is 13.5. The molecule has 0 unspecified atom stereocenters. The predicted molar refractivity (Wildman–Crippen MR) is 81.7 cm³/mol. The van der Waals surface area contributed by atoms with Crippen molar-refractivity contribution in [1.82, 2.24) is 9.80 Å². The van der Waals surface area contributed by atoms with Gasteiger partial charge in [0.2, 0.25) is 0 Å². The zero-order valence-electron chi connectivity index (χ0n) is 12.2. The molecule has 19 heavy (non-hydrogen) atoms. The predicted octanol–water partition coefficient (Wildman–Crippen LogP) is 2.68. The Kier molecular flexibility index (Phi) is 6.31. The van der Waals surface area contributed by atoms with Crippen LogP contribution in [0.4, 0.5) is 0 Å². The topological polar surface area (TPSA) is 15.7 Å². The van der Waals surface area contributed by atoms with Gasteiger partial charge in [0.15, 0.2) is 0 Å². The summed E-state index contributed by atoms with van der Waals surface area (Å²) in [6, 6.07) is 4.39. The molecule has 0 aliphatic carbocycles. The van der Waals surface area contributed by atoms with Crippen molar-refractivity contribution in [3.05, 3.63) is 22.4 Å². The third kappa shape index (κ3) is 5.61. The first kappa shape index (κ1) is 15.0. The van der Waals surface area contributed by atoms with Gasteiger partial charge < -0.3 is 4.74 Å². The average Bonchev–Trinajstić information content (AvgIpc) is 2.77. The summed E-state index contributed by atoms with van der Waals surface area (Å²) in [4.78, 5) is 6.60. The fourth-order valence-electron chi connectivity index (χ4n) is 2.45. The van der Waals surface area contributed by atoms with Crippen LogP contribution in [0.5, 0.6) is 0 Å². The van der Waals surface area contributed by atoms with E-state index in [-0.39, 0.29) is 0 Å². The number of thiophene rings is 1. The van der Waals surface area contributed by atoms with Crippen LogP contribution in [0.25, 0.3) is 0 Å². The molecule has 1 aromatic rings. The molecule has 0 bridgehead atoms. The first-order valence-electron chi connectivity index (χ1n) is 7.33. The number of rotatable bonds is 6. The third-order valence-corrected chi connectivity index (χ3v) is 4.36. The maximum Gasteiger partial charge on any atom is 0.0596 e. The summed E-state index contributed by atoms with van der Waals surface area (Å²) in [5.74, 6) is 0. The Labute approximate surface area is 121 Å². The van der Waals surface area contributed by atoms with Crippen LogP contribution in [0.2, 0.25) is 0 Å². The highest BCUT2D eigenvalue weighted by Crippen LogP contribution is 2.13. The van der Waals surface area contributed by atoms with Gasteiger partial charge in [-0.2, -0.15) is 0 Å². The Balaban J connectivity index is 1.69. The van der Waals surface area contributed by atoms with Crippen LogP contribution >= 0.6 is 11.3 Å². The number of nitrogens with zero attached hydrogens (tertiary/aromatic N) is 2. The molecule has 1 aromatic heterocycles. The molecule has 0 spiro atoms. The molecule has 0 saturated carbocycles. The van der Waals surface area contributed by atoms with E-state index in [0.29, 0.717) is 6.10 Å². The molecule has 2 rings (SSSR count). The number of hydrogen-bond acceptors (Lipinski definition) is 4. The lowest BCUT2D eigenvalue weighted by Crippen LogP contribution is -2.33. The largest absolute Gasteiger partial charge is 0.377 e. The Morgan fingerprint density at radius 3 is 2.74 bits per heavy atom. The fraction of sp³-hybridized carbons (Fsp3) is 0.733. The summed E-state index contributed by atoms with van der Waals surface area (Å²) >= 11 is 1.87. The Hall–Kier alpha value is -0.420. The van der Waals surface area contributed by atoms with Gasteiger partial charge in [0.1, 0.15) is 0 Å². The van der Waals surface area contributed by atoms with Crippen LogP contribution in [0.3, 0.4) is 0 Å². The average molecular weight is 282 g/mol. The quantitative estimate of drug-likeness (QED) is 0.798. The van der Waals surface area contributed by atoms with Gasteiger partial charge >= 0.3 is 0 Å². The first-order chi connectivity index (χ1) is 9.24. The number of ether oxygens (including phenoxy) is 1. The molecule has 0 atom stereocenters. The molecular formula is C15H26N2OS. The van der Waals surface area contributed by atoms with Crippen molar-refractivity contribution in [2.45, 2.75) is 32.9 Å². The lowest BCUT2D eigenvalue weighted by molar-refractivity contribution is 0.0597. The highest BCUT2D eigenvalue weighted by molar-refractivity contribution is 7.09. The van der Waals surface area contributed by atoms with Crippen LogP contribution in [0.1, 0.15) is 25.1 Å². The van der Waals surface area contributed by atoms with Gasteiger partial charge in [-0.1, -0.05) is 6.07 Å². The second-order valence-electron chi connectivity index (χ2n) is 5.47. The second-order valence-corrected chi connectivity index (χ2v) is 6.50. The van der Waals surface area contributed by atoms with E-state index in [2.05, 4.69) is 41.2 Å². The minimum absolute atomic E-state index is 0.349. The van der Waals surface area contributed by atoms with E-state index in [4.69, 9.17) is 4.74 Å². The van der Waals surface area contributed by atoms with Gasteiger partial charge in [0.05, 0.1) is 12.7 Å². The van der Waals surface area contributed by atoms with E-state index < -0.39 is 0 Å². The lowest BCUT2D eigenvalue weighted by Gasteiger charge is -2.21. The van der Waals surface area contributed by atoms with E-state index in [1.165, 1.54) is 37.5 Å². The van der Waals surface area contributed by atoms with Crippen molar-refractivity contribution in [3.8, 4) is 0 Å². The molecule has 108 valence electrons. The van der Waals surface area contributed by atoms with Crippen LogP contribution in [-0.4, -0.2) is 55.2 Å². The summed E-state index contributed by atoms with van der Waals surface area (Å²) in [5, 5.41) is 2.17. The summed E-state index contributed by atoms with van der Waals surface area (Å²) in [6.45, 7) is 12.0. The van der Waals surface area contributed by atoms with Crippen molar-refractivity contribution < 1.29 is 4.74 Å². The molecule has 0 amide bonds. The van der Waals surface area contributed by atoms with E-state index in [0.717, 1.165) is 19.7 Å². The number of hydrogen-bond donors (Lipinski definition) is 0. The summed E-state index contributed by atoms with van der Waals surface area (Å²) in [5.41, 5.74) is 0. The van der Waals surface area contributed by atoms with Gasteiger partial charge in [-0.3, -0.25) is 9.80 Å². The normalized spacial score (nSPS) is 18.9. The minimum Gasteiger partial charge on any atom is -0.377 e. The summed E-state index contributed by atoms with van der Waals surface area (Å²) in [7, 11) is 0. The molecular weight excluding hydrogens is 256 g/mol. The van der Waals surface area contributed by atoms with E-state index in [1.54, 1.807) is 0 Å². The highest BCUT2D eigenvalue weighted by Gasteiger charge is 2.15. The third-order valence-electron chi connectivity index (χ3n) is 3.50. The SMILES string of the molecule is CC(C)OCCN1CCCN(Cc2cccs2)CC1. The van der Waals surface area contributed by atoms with Gasteiger partial charge in [-0.25, -0.2) is 0 Å². The Morgan fingerprint density at radius 1 is 1.21 bits per heavy atom. The molecule has 0 aromatic carbocycles. The minimum atomic E-state index is 0.349. The molecule has 3 nitrogen and oxygen atoms in total. The maximum atomic E-state index is 5.64. The molecule has 0 N–H and O–H groups in total. The molecule has 1 aliphatic heterocycles. The summed E-state index contributed by atoms with van der Waals surface area (Å²) in [6.07, 6.45) is 1.62. The van der Waals surface area contributed by atoms with Crippen molar-refractivity contribution in [3.63, 3.8) is 0 Å². The molecule has 1 fully saturated rings. The van der Waals surface area contributed by atoms with Crippen molar-refractivity contribution >= 4 is 11.3 Å². The maximum absolute atomic E-state index is 5.64. The van der Waals surface area contributed by atoms with E-state index in [1.807, 2.05) is 11.3 Å². The monoisotopic (exact) mass is 282 g/mol. The summed E-state index contributed by atoms with van der Waals surface area (Å²) < 4.78 is 5.64. The molecule has 2 heterocycles. The van der Waals surface area contributed by atoms with Crippen LogP contribution in [0, 0.1) is 0 Å². The second kappa shape index (κ2) is 8.00. The van der Waals surface area contributed by atoms with Crippen molar-refractivity contribution in [2.75, 3.05) is 39.3 Å². The van der Waals surface area contributed by atoms with Gasteiger partial charge in [0, 0.05) is 31.1 Å². The Bertz CT molecular complexity index is 340. The highest BCUT2D eigenvalue weighted by atomic mass is 32.1. The van der Waals surface area contributed by atoms with Gasteiger partial charge in [-0.05, 0) is 44.8 Å². The van der Waals surface area contributed by atoms with E-state index >= 15 is 0 Å². The molecule has 1 saturated heterocycles. The first-order valence-corrected chi connectivity index (χ1v) is 8.20. The van der Waals surface area contributed by atoms with E-state index in [9.17, 15) is 0 Å². The molecule has 1 aliphatic rings. The fourth-order valence-corrected chi connectivity index (χ4v) is 3.19. The van der Waals surface area contributed by atoms with Crippen molar-refractivity contribution in [2.24, 2.45) is 0 Å². The Morgan fingerprint density at radius 2 is 2.00 bits per heavy atom. The molecule has 0 radical (unpaired) electrons. The van der Waals surface area contributed by atoms with Gasteiger partial charge in [-0.15, -0.1) is 11.3 Å². The zero-order valence-corrected chi connectivity index (χ0v) is 13.0. The molecule has 4 heteroatoms.